The lowest BCUT2D eigenvalue weighted by molar-refractivity contribution is 0.0616. The van der Waals surface area contributed by atoms with Crippen LogP contribution < -0.4 is 0 Å². The predicted octanol–water partition coefficient (Wildman–Crippen LogP) is 2.51. The molecule has 4 nitrogen and oxygen atoms in total. The van der Waals surface area contributed by atoms with Crippen molar-refractivity contribution in [3.63, 3.8) is 0 Å². The molecule has 5 heteroatoms. The van der Waals surface area contributed by atoms with Crippen molar-refractivity contribution in [2.24, 2.45) is 5.92 Å². The first-order valence-corrected chi connectivity index (χ1v) is 6.26. The van der Waals surface area contributed by atoms with Gasteiger partial charge in [-0.15, -0.1) is 0 Å². The van der Waals surface area contributed by atoms with E-state index in [1.54, 1.807) is 6.20 Å². The molecule has 0 N–H and O–H groups in total. The summed E-state index contributed by atoms with van der Waals surface area (Å²) in [6, 6.07) is 2.03. The van der Waals surface area contributed by atoms with Crippen molar-refractivity contribution >= 4 is 22.6 Å². The summed E-state index contributed by atoms with van der Waals surface area (Å²) < 4.78 is 7.54. The number of halogens is 1. The monoisotopic (exact) mass is 251 g/mol. The fraction of sp³-hybridized carbons (Fsp3) is 0.500. The summed E-state index contributed by atoms with van der Waals surface area (Å²) in [5.41, 5.74) is 0.927. The van der Waals surface area contributed by atoms with E-state index < -0.39 is 0 Å². The maximum atomic E-state index is 5.83. The molecule has 0 aromatic carbocycles. The average molecular weight is 252 g/mol. The Morgan fingerprint density at radius 1 is 1.41 bits per heavy atom. The third-order valence-electron chi connectivity index (χ3n) is 3.27. The molecular weight excluding hydrogens is 238 g/mol. The van der Waals surface area contributed by atoms with Gasteiger partial charge in [0, 0.05) is 37.5 Å². The zero-order valence-electron chi connectivity index (χ0n) is 9.47. The fourth-order valence-corrected chi connectivity index (χ4v) is 2.43. The lowest BCUT2D eigenvalue weighted by Gasteiger charge is -2.22. The molecule has 1 aliphatic rings. The smallest absolute Gasteiger partial charge is 0.224 e. The molecular formula is C12H14ClN3O. The van der Waals surface area contributed by atoms with Gasteiger partial charge in [0.25, 0.3) is 0 Å². The zero-order valence-corrected chi connectivity index (χ0v) is 10.2. The summed E-state index contributed by atoms with van der Waals surface area (Å²) in [7, 11) is 0. The van der Waals surface area contributed by atoms with Gasteiger partial charge in [0.2, 0.25) is 5.28 Å². The number of fused-ring (bicyclic) bond motifs is 1. The summed E-state index contributed by atoms with van der Waals surface area (Å²) in [5.74, 6) is 0.674. The highest BCUT2D eigenvalue weighted by atomic mass is 35.5. The number of rotatable bonds is 2. The van der Waals surface area contributed by atoms with Crippen LogP contribution in [0.15, 0.2) is 18.5 Å². The molecule has 3 rings (SSSR count). The lowest BCUT2D eigenvalue weighted by Crippen LogP contribution is -2.20. The third kappa shape index (κ3) is 2.28. The van der Waals surface area contributed by atoms with E-state index in [4.69, 9.17) is 16.3 Å². The molecule has 1 fully saturated rings. The van der Waals surface area contributed by atoms with E-state index in [0.717, 1.165) is 43.6 Å². The van der Waals surface area contributed by atoms with Crippen LogP contribution in [0.4, 0.5) is 0 Å². The Balaban J connectivity index is 1.86. The third-order valence-corrected chi connectivity index (χ3v) is 3.45. The van der Waals surface area contributed by atoms with Crippen LogP contribution in [-0.2, 0) is 11.3 Å². The first kappa shape index (κ1) is 11.0. The summed E-state index contributed by atoms with van der Waals surface area (Å²) in [6.07, 6.45) is 6.08. The van der Waals surface area contributed by atoms with Gasteiger partial charge in [0.1, 0.15) is 5.65 Å². The van der Waals surface area contributed by atoms with Crippen molar-refractivity contribution in [2.45, 2.75) is 19.4 Å². The molecule has 0 bridgehead atoms. The molecule has 3 heterocycles. The molecule has 0 atom stereocenters. The largest absolute Gasteiger partial charge is 0.381 e. The summed E-state index contributed by atoms with van der Waals surface area (Å²) in [4.78, 5) is 8.28. The first-order chi connectivity index (χ1) is 8.33. The van der Waals surface area contributed by atoms with Gasteiger partial charge < -0.3 is 9.30 Å². The van der Waals surface area contributed by atoms with Crippen LogP contribution in [0.1, 0.15) is 12.8 Å². The molecule has 1 saturated heterocycles. The predicted molar refractivity (Wildman–Crippen MR) is 66.1 cm³/mol. The topological polar surface area (TPSA) is 39.9 Å². The summed E-state index contributed by atoms with van der Waals surface area (Å²) in [6.45, 7) is 2.74. The van der Waals surface area contributed by atoms with E-state index in [0.29, 0.717) is 11.2 Å². The Labute approximate surface area is 105 Å². The van der Waals surface area contributed by atoms with Gasteiger partial charge in [-0.25, -0.2) is 4.98 Å². The van der Waals surface area contributed by atoms with Gasteiger partial charge >= 0.3 is 0 Å². The maximum absolute atomic E-state index is 5.83. The van der Waals surface area contributed by atoms with E-state index in [9.17, 15) is 0 Å². The minimum atomic E-state index is 0.310. The van der Waals surface area contributed by atoms with Crippen LogP contribution in [-0.4, -0.2) is 27.7 Å². The highest BCUT2D eigenvalue weighted by Gasteiger charge is 2.15. The van der Waals surface area contributed by atoms with E-state index in [2.05, 4.69) is 20.7 Å². The van der Waals surface area contributed by atoms with Crippen molar-refractivity contribution in [3.05, 3.63) is 23.7 Å². The molecule has 0 amide bonds. The Hall–Kier alpha value is -1.13. The number of hydrogen-bond donors (Lipinski definition) is 0. The second kappa shape index (κ2) is 4.63. The van der Waals surface area contributed by atoms with Gasteiger partial charge in [0.05, 0.1) is 0 Å². The number of nitrogens with zero attached hydrogens (tertiary/aromatic N) is 3. The Morgan fingerprint density at radius 2 is 2.24 bits per heavy atom. The minimum absolute atomic E-state index is 0.310. The molecule has 0 saturated carbocycles. The van der Waals surface area contributed by atoms with Gasteiger partial charge in [-0.2, -0.15) is 4.98 Å². The fourth-order valence-electron chi connectivity index (χ4n) is 2.30. The van der Waals surface area contributed by atoms with E-state index in [1.165, 1.54) is 0 Å². The SMILES string of the molecule is Clc1ncc2ccn(CC3CCOCC3)c2n1. The van der Waals surface area contributed by atoms with Gasteiger partial charge in [-0.1, -0.05) is 0 Å². The summed E-state index contributed by atoms with van der Waals surface area (Å²) in [5, 5.41) is 1.35. The number of hydrogen-bond acceptors (Lipinski definition) is 3. The number of ether oxygens (including phenoxy) is 1. The minimum Gasteiger partial charge on any atom is -0.381 e. The van der Waals surface area contributed by atoms with Crippen LogP contribution in [0.3, 0.4) is 0 Å². The van der Waals surface area contributed by atoms with Gasteiger partial charge in [-0.05, 0) is 36.4 Å². The second-order valence-corrected chi connectivity index (χ2v) is 4.78. The Morgan fingerprint density at radius 3 is 3.06 bits per heavy atom. The maximum Gasteiger partial charge on any atom is 0.224 e. The zero-order chi connectivity index (χ0) is 11.7. The highest BCUT2D eigenvalue weighted by Crippen LogP contribution is 2.21. The molecule has 1 aliphatic heterocycles. The standard InChI is InChI=1S/C12H14ClN3O/c13-12-14-7-10-1-4-16(11(10)15-12)8-9-2-5-17-6-3-9/h1,4,7,9H,2-3,5-6,8H2. The van der Waals surface area contributed by atoms with Crippen LogP contribution in [0, 0.1) is 5.92 Å². The van der Waals surface area contributed by atoms with E-state index >= 15 is 0 Å². The molecule has 17 heavy (non-hydrogen) atoms. The average Bonchev–Trinajstić information content (AvgIpc) is 2.73. The highest BCUT2D eigenvalue weighted by molar-refractivity contribution is 6.28. The molecule has 0 radical (unpaired) electrons. The molecule has 0 unspecified atom stereocenters. The van der Waals surface area contributed by atoms with Crippen molar-refractivity contribution < 1.29 is 4.74 Å². The van der Waals surface area contributed by atoms with Crippen molar-refractivity contribution in [1.29, 1.82) is 0 Å². The van der Waals surface area contributed by atoms with Gasteiger partial charge in [0.15, 0.2) is 0 Å². The Bertz CT molecular complexity index is 519. The molecule has 2 aromatic rings. The van der Waals surface area contributed by atoms with Crippen molar-refractivity contribution in [2.75, 3.05) is 13.2 Å². The van der Waals surface area contributed by atoms with Crippen LogP contribution in [0.25, 0.3) is 11.0 Å². The van der Waals surface area contributed by atoms with E-state index in [1.807, 2.05) is 6.07 Å². The first-order valence-electron chi connectivity index (χ1n) is 5.88. The quantitative estimate of drug-likeness (QED) is 0.770. The number of aromatic nitrogens is 3. The van der Waals surface area contributed by atoms with Crippen LogP contribution >= 0.6 is 11.6 Å². The van der Waals surface area contributed by atoms with Crippen LogP contribution in [0.2, 0.25) is 5.28 Å². The summed E-state index contributed by atoms with van der Waals surface area (Å²) >= 11 is 5.83. The Kier molecular flexibility index (Phi) is 2.99. The van der Waals surface area contributed by atoms with Crippen molar-refractivity contribution in [1.82, 2.24) is 14.5 Å². The molecule has 2 aromatic heterocycles. The molecule has 90 valence electrons. The molecule has 0 aliphatic carbocycles. The second-order valence-electron chi connectivity index (χ2n) is 4.44. The van der Waals surface area contributed by atoms with Crippen LogP contribution in [0.5, 0.6) is 0 Å². The van der Waals surface area contributed by atoms with Gasteiger partial charge in [-0.3, -0.25) is 0 Å². The van der Waals surface area contributed by atoms with Crippen molar-refractivity contribution in [3.8, 4) is 0 Å². The normalized spacial score (nSPS) is 17.7. The lowest BCUT2D eigenvalue weighted by atomic mass is 10.0. The molecule has 0 spiro atoms. The van der Waals surface area contributed by atoms with E-state index in [-0.39, 0.29) is 0 Å².